The van der Waals surface area contributed by atoms with Crippen molar-refractivity contribution in [1.29, 1.82) is 0 Å². The summed E-state index contributed by atoms with van der Waals surface area (Å²) in [5.74, 6) is -0.283. The first-order valence-corrected chi connectivity index (χ1v) is 11.6. The first-order chi connectivity index (χ1) is 15.0. The molecule has 2 aromatic carbocycles. The Labute approximate surface area is 195 Å². The lowest BCUT2D eigenvalue weighted by Gasteiger charge is -2.27. The minimum Gasteiger partial charge on any atom is -0.332 e. The Morgan fingerprint density at radius 3 is 2.29 bits per heavy atom. The third kappa shape index (κ3) is 6.64. The van der Waals surface area contributed by atoms with Crippen molar-refractivity contribution >= 4 is 39.1 Å². The van der Waals surface area contributed by atoms with Gasteiger partial charge in [0, 0.05) is 32.9 Å². The van der Waals surface area contributed by atoms with Gasteiger partial charge >= 0.3 is 0 Å². The van der Waals surface area contributed by atoms with E-state index in [9.17, 15) is 9.59 Å². The maximum absolute atomic E-state index is 13.3. The second-order valence-corrected chi connectivity index (χ2v) is 9.52. The molecule has 0 aliphatic rings. The van der Waals surface area contributed by atoms with Crippen LogP contribution in [0, 0.1) is 6.92 Å². The third-order valence-corrected chi connectivity index (χ3v) is 6.28. The van der Waals surface area contributed by atoms with E-state index >= 15 is 0 Å². The summed E-state index contributed by atoms with van der Waals surface area (Å²) < 4.78 is 0.899. The van der Waals surface area contributed by atoms with Crippen molar-refractivity contribution in [2.24, 2.45) is 0 Å². The normalized spacial score (nSPS) is 10.5. The van der Waals surface area contributed by atoms with Crippen molar-refractivity contribution in [1.82, 2.24) is 9.80 Å². The summed E-state index contributed by atoms with van der Waals surface area (Å²) >= 11 is 5.07. The number of hydrogen-bond donors (Lipinski definition) is 0. The van der Waals surface area contributed by atoms with Gasteiger partial charge in [-0.25, -0.2) is 0 Å². The number of nitrogens with zero attached hydrogens (tertiary/aromatic N) is 2. The summed E-state index contributed by atoms with van der Waals surface area (Å²) in [5, 5.41) is 0. The molecule has 0 fully saturated rings. The van der Waals surface area contributed by atoms with Gasteiger partial charge in [0.2, 0.25) is 5.91 Å². The van der Waals surface area contributed by atoms with Gasteiger partial charge in [0.15, 0.2) is 0 Å². The SMILES string of the molecule is C=CCN(CC(=O)N(Cc1ccccc1)Cc1ccc(C)s1)C(=O)c1ccc(Br)cc1. The highest BCUT2D eigenvalue weighted by atomic mass is 79.9. The topological polar surface area (TPSA) is 40.6 Å². The van der Waals surface area contributed by atoms with E-state index in [2.05, 4.69) is 41.6 Å². The summed E-state index contributed by atoms with van der Waals surface area (Å²) in [6.45, 7) is 7.12. The molecular weight excluding hydrogens is 472 g/mol. The highest BCUT2D eigenvalue weighted by Crippen LogP contribution is 2.19. The lowest BCUT2D eigenvalue weighted by Crippen LogP contribution is -2.42. The molecule has 1 heterocycles. The highest BCUT2D eigenvalue weighted by molar-refractivity contribution is 9.10. The van der Waals surface area contributed by atoms with Gasteiger partial charge in [0.25, 0.3) is 5.91 Å². The smallest absolute Gasteiger partial charge is 0.254 e. The van der Waals surface area contributed by atoms with Gasteiger partial charge in [-0.3, -0.25) is 9.59 Å². The van der Waals surface area contributed by atoms with Gasteiger partial charge in [-0.05, 0) is 48.9 Å². The lowest BCUT2D eigenvalue weighted by atomic mass is 10.2. The molecule has 3 aromatic rings. The van der Waals surface area contributed by atoms with E-state index in [1.165, 1.54) is 9.78 Å². The van der Waals surface area contributed by atoms with Crippen LogP contribution in [0.1, 0.15) is 25.7 Å². The van der Waals surface area contributed by atoms with Crippen molar-refractivity contribution in [3.8, 4) is 0 Å². The van der Waals surface area contributed by atoms with Crippen molar-refractivity contribution in [2.45, 2.75) is 20.0 Å². The second-order valence-electron chi connectivity index (χ2n) is 7.23. The second kappa shape index (κ2) is 11.1. The van der Waals surface area contributed by atoms with Crippen LogP contribution in [0.15, 0.2) is 83.9 Å². The number of carbonyl (C=O) groups excluding carboxylic acids is 2. The Balaban J connectivity index is 1.79. The predicted octanol–water partition coefficient (Wildman–Crippen LogP) is 5.68. The minimum atomic E-state index is -0.188. The first-order valence-electron chi connectivity index (χ1n) is 9.99. The van der Waals surface area contributed by atoms with Gasteiger partial charge in [-0.1, -0.05) is 52.3 Å². The quantitative estimate of drug-likeness (QED) is 0.357. The number of carbonyl (C=O) groups is 2. The molecule has 0 aliphatic heterocycles. The molecule has 0 saturated carbocycles. The van der Waals surface area contributed by atoms with Crippen LogP contribution in [0.5, 0.6) is 0 Å². The molecule has 0 saturated heterocycles. The van der Waals surface area contributed by atoms with Gasteiger partial charge in [-0.2, -0.15) is 0 Å². The Morgan fingerprint density at radius 1 is 0.968 bits per heavy atom. The number of aryl methyl sites for hydroxylation is 1. The van der Waals surface area contributed by atoms with E-state index in [0.717, 1.165) is 14.9 Å². The van der Waals surface area contributed by atoms with Crippen LogP contribution in [-0.4, -0.2) is 34.7 Å². The van der Waals surface area contributed by atoms with E-state index in [1.807, 2.05) is 47.4 Å². The predicted molar refractivity (Wildman–Crippen MR) is 130 cm³/mol. The molecule has 0 unspecified atom stereocenters. The molecular formula is C25H25BrN2O2S. The minimum absolute atomic E-state index is 0.00188. The maximum Gasteiger partial charge on any atom is 0.254 e. The number of benzene rings is 2. The zero-order valence-electron chi connectivity index (χ0n) is 17.5. The van der Waals surface area contributed by atoms with Crippen molar-refractivity contribution in [3.05, 3.63) is 105 Å². The largest absolute Gasteiger partial charge is 0.332 e. The molecule has 0 N–H and O–H groups in total. The number of amides is 2. The van der Waals surface area contributed by atoms with Crippen LogP contribution >= 0.6 is 27.3 Å². The monoisotopic (exact) mass is 496 g/mol. The van der Waals surface area contributed by atoms with Crippen LogP contribution < -0.4 is 0 Å². The van der Waals surface area contributed by atoms with Gasteiger partial charge in [-0.15, -0.1) is 17.9 Å². The van der Waals surface area contributed by atoms with Gasteiger partial charge in [0.1, 0.15) is 6.54 Å². The number of thiophene rings is 1. The molecule has 4 nitrogen and oxygen atoms in total. The van der Waals surface area contributed by atoms with Crippen LogP contribution in [0.3, 0.4) is 0 Å². The van der Waals surface area contributed by atoms with Crippen molar-refractivity contribution in [3.63, 3.8) is 0 Å². The van der Waals surface area contributed by atoms with Crippen LogP contribution in [-0.2, 0) is 17.9 Å². The molecule has 0 radical (unpaired) electrons. The van der Waals surface area contributed by atoms with E-state index in [-0.39, 0.29) is 18.4 Å². The zero-order chi connectivity index (χ0) is 22.2. The van der Waals surface area contributed by atoms with Crippen molar-refractivity contribution < 1.29 is 9.59 Å². The summed E-state index contributed by atoms with van der Waals surface area (Å²) in [6, 6.07) is 21.2. The number of halogens is 1. The molecule has 0 atom stereocenters. The highest BCUT2D eigenvalue weighted by Gasteiger charge is 2.22. The average Bonchev–Trinajstić information content (AvgIpc) is 3.18. The van der Waals surface area contributed by atoms with Gasteiger partial charge in [0.05, 0.1) is 6.54 Å². The average molecular weight is 497 g/mol. The van der Waals surface area contributed by atoms with Crippen molar-refractivity contribution in [2.75, 3.05) is 13.1 Å². The van der Waals surface area contributed by atoms with E-state index in [1.54, 1.807) is 29.5 Å². The zero-order valence-corrected chi connectivity index (χ0v) is 19.9. The lowest BCUT2D eigenvalue weighted by molar-refractivity contribution is -0.133. The standard InChI is InChI=1S/C25H25BrN2O2S/c1-3-15-27(25(30)21-10-12-22(26)13-11-21)18-24(29)28(16-20-7-5-4-6-8-20)17-23-14-9-19(2)31-23/h3-14H,1,15-18H2,2H3. The molecule has 0 spiro atoms. The molecule has 0 bridgehead atoms. The summed E-state index contributed by atoms with van der Waals surface area (Å²) in [4.78, 5) is 32.0. The summed E-state index contributed by atoms with van der Waals surface area (Å²) in [5.41, 5.74) is 1.60. The molecule has 2 amide bonds. The Morgan fingerprint density at radius 2 is 1.68 bits per heavy atom. The molecule has 6 heteroatoms. The fourth-order valence-corrected chi connectivity index (χ4v) is 4.38. The van der Waals surface area contributed by atoms with E-state index in [4.69, 9.17) is 0 Å². The fourth-order valence-electron chi connectivity index (χ4n) is 3.21. The maximum atomic E-state index is 13.3. The fraction of sp³-hybridized carbons (Fsp3) is 0.200. The molecule has 31 heavy (non-hydrogen) atoms. The van der Waals surface area contributed by atoms with Crippen LogP contribution in [0.2, 0.25) is 0 Å². The summed E-state index contributed by atoms with van der Waals surface area (Å²) in [7, 11) is 0. The van der Waals surface area contributed by atoms with Crippen LogP contribution in [0.4, 0.5) is 0 Å². The molecule has 1 aromatic heterocycles. The molecule has 3 rings (SSSR count). The molecule has 160 valence electrons. The molecule has 0 aliphatic carbocycles. The Bertz CT molecular complexity index is 1030. The number of rotatable bonds is 9. The third-order valence-electron chi connectivity index (χ3n) is 4.77. The Kier molecular flexibility index (Phi) is 8.20. The number of hydrogen-bond acceptors (Lipinski definition) is 3. The van der Waals surface area contributed by atoms with E-state index in [0.29, 0.717) is 25.2 Å². The summed E-state index contributed by atoms with van der Waals surface area (Å²) in [6.07, 6.45) is 1.65. The van der Waals surface area contributed by atoms with E-state index < -0.39 is 0 Å². The Hall–Kier alpha value is -2.70. The first kappa shape index (κ1) is 23.0. The van der Waals surface area contributed by atoms with Crippen LogP contribution in [0.25, 0.3) is 0 Å². The van der Waals surface area contributed by atoms with Gasteiger partial charge < -0.3 is 9.80 Å².